The smallest absolute Gasteiger partial charge is 0.179 e. The van der Waals surface area contributed by atoms with Crippen molar-refractivity contribution in [2.75, 3.05) is 5.73 Å². The first-order valence-corrected chi connectivity index (χ1v) is 4.52. The summed E-state index contributed by atoms with van der Waals surface area (Å²) >= 11 is 1.44. The van der Waals surface area contributed by atoms with Crippen molar-refractivity contribution in [1.29, 1.82) is 0 Å². The lowest BCUT2D eigenvalue weighted by atomic mass is 10.4. The Hall–Kier alpha value is -1.42. The summed E-state index contributed by atoms with van der Waals surface area (Å²) < 4.78 is 11.9. The second-order valence-electron chi connectivity index (χ2n) is 2.17. The minimum Gasteiger partial charge on any atom is -0.375 e. The quantitative estimate of drug-likeness (QED) is 0.703. The number of thiazole rings is 1. The zero-order chi connectivity index (χ0) is 9.52. The van der Waals surface area contributed by atoms with Crippen LogP contribution in [0, 0.1) is 5.82 Å². The van der Waals surface area contributed by atoms with Gasteiger partial charge in [0.15, 0.2) is 5.13 Å². The van der Waals surface area contributed by atoms with Crippen molar-refractivity contribution < 1.29 is 4.39 Å². The highest BCUT2D eigenvalue weighted by Crippen LogP contribution is 2.02. The summed E-state index contributed by atoms with van der Waals surface area (Å²) in [5.74, 6) is -0.178. The number of nitrogens with two attached hydrogens (primary N) is 1. The van der Waals surface area contributed by atoms with Gasteiger partial charge < -0.3 is 5.73 Å². The monoisotopic (exact) mass is 196 g/mol. The summed E-state index contributed by atoms with van der Waals surface area (Å²) in [5, 5.41) is 2.48. The van der Waals surface area contributed by atoms with Gasteiger partial charge in [0.25, 0.3) is 0 Å². The van der Waals surface area contributed by atoms with Gasteiger partial charge in [-0.15, -0.1) is 11.3 Å². The molecule has 4 heteroatoms. The van der Waals surface area contributed by atoms with Crippen LogP contribution in [0.2, 0.25) is 0 Å². The molecule has 1 heterocycles. The first kappa shape index (κ1) is 9.67. The van der Waals surface area contributed by atoms with Gasteiger partial charge >= 0.3 is 0 Å². The summed E-state index contributed by atoms with van der Waals surface area (Å²) in [6.07, 6.45) is 1.68. The van der Waals surface area contributed by atoms with Crippen LogP contribution in [0.15, 0.2) is 41.9 Å². The Bertz CT molecular complexity index is 321. The lowest BCUT2D eigenvalue weighted by molar-refractivity contribution is 0.628. The third-order valence-electron chi connectivity index (χ3n) is 1.18. The molecule has 68 valence electrons. The van der Waals surface area contributed by atoms with Crippen LogP contribution in [0.3, 0.4) is 0 Å². The number of hydrogen-bond acceptors (Lipinski definition) is 3. The molecule has 0 unspecified atom stereocenters. The first-order chi connectivity index (χ1) is 6.29. The predicted octanol–water partition coefficient (Wildman–Crippen LogP) is 2.55. The maximum atomic E-state index is 11.9. The fourth-order valence-corrected chi connectivity index (χ4v) is 1.03. The van der Waals surface area contributed by atoms with Gasteiger partial charge in [-0.05, 0) is 12.1 Å². The predicted molar refractivity (Wildman–Crippen MR) is 52.9 cm³/mol. The highest BCUT2D eigenvalue weighted by atomic mass is 32.1. The zero-order valence-electron chi connectivity index (χ0n) is 6.85. The molecule has 0 bridgehead atoms. The number of rotatable bonds is 0. The molecule has 0 aliphatic carbocycles. The van der Waals surface area contributed by atoms with E-state index in [0.717, 1.165) is 0 Å². The zero-order valence-corrected chi connectivity index (χ0v) is 7.67. The van der Waals surface area contributed by atoms with Crippen LogP contribution in [0.5, 0.6) is 0 Å². The van der Waals surface area contributed by atoms with Gasteiger partial charge in [0.2, 0.25) is 0 Å². The highest BCUT2D eigenvalue weighted by molar-refractivity contribution is 7.13. The molecule has 2 N–H and O–H groups in total. The molecule has 0 atom stereocenters. The van der Waals surface area contributed by atoms with Crippen molar-refractivity contribution in [2.24, 2.45) is 0 Å². The van der Waals surface area contributed by atoms with E-state index in [2.05, 4.69) is 4.98 Å². The maximum Gasteiger partial charge on any atom is 0.179 e. The number of halogens is 1. The van der Waals surface area contributed by atoms with Gasteiger partial charge in [0.05, 0.1) is 0 Å². The van der Waals surface area contributed by atoms with E-state index >= 15 is 0 Å². The molecule has 0 radical (unpaired) electrons. The van der Waals surface area contributed by atoms with Crippen LogP contribution in [0.4, 0.5) is 9.52 Å². The maximum absolute atomic E-state index is 11.9. The Morgan fingerprint density at radius 2 is 1.92 bits per heavy atom. The summed E-state index contributed by atoms with van der Waals surface area (Å²) in [7, 11) is 0. The highest BCUT2D eigenvalue weighted by Gasteiger charge is 1.77. The van der Waals surface area contributed by atoms with E-state index in [9.17, 15) is 4.39 Å². The largest absolute Gasteiger partial charge is 0.375 e. The average molecular weight is 196 g/mol. The summed E-state index contributed by atoms with van der Waals surface area (Å²) in [6.45, 7) is 0. The van der Waals surface area contributed by atoms with Crippen molar-refractivity contribution in [3.8, 4) is 0 Å². The van der Waals surface area contributed by atoms with Crippen molar-refractivity contribution in [3.05, 3.63) is 47.7 Å². The third-order valence-corrected chi connectivity index (χ3v) is 1.79. The van der Waals surface area contributed by atoms with Crippen LogP contribution in [0.1, 0.15) is 0 Å². The lowest BCUT2D eigenvalue weighted by Gasteiger charge is -1.78. The Morgan fingerprint density at radius 1 is 1.23 bits per heavy atom. The first-order valence-electron chi connectivity index (χ1n) is 3.64. The number of nitrogen functional groups attached to an aromatic ring is 1. The van der Waals surface area contributed by atoms with E-state index < -0.39 is 0 Å². The van der Waals surface area contributed by atoms with Crippen LogP contribution in [-0.4, -0.2) is 4.98 Å². The molecule has 0 fully saturated rings. The van der Waals surface area contributed by atoms with Gasteiger partial charge in [0, 0.05) is 11.6 Å². The van der Waals surface area contributed by atoms with Gasteiger partial charge in [-0.2, -0.15) is 0 Å². The van der Waals surface area contributed by atoms with Crippen LogP contribution >= 0.6 is 11.3 Å². The number of hydrogen-bond donors (Lipinski definition) is 1. The minimum absolute atomic E-state index is 0.178. The second-order valence-corrected chi connectivity index (χ2v) is 3.09. The van der Waals surface area contributed by atoms with Crippen molar-refractivity contribution in [2.45, 2.75) is 0 Å². The second kappa shape index (κ2) is 5.27. The van der Waals surface area contributed by atoms with E-state index in [-0.39, 0.29) is 5.82 Å². The topological polar surface area (TPSA) is 38.9 Å². The Balaban J connectivity index is 0.000000132. The molecule has 0 saturated heterocycles. The summed E-state index contributed by atoms with van der Waals surface area (Å²) in [4.78, 5) is 3.71. The lowest BCUT2D eigenvalue weighted by Crippen LogP contribution is -1.77. The molecule has 2 nitrogen and oxygen atoms in total. The van der Waals surface area contributed by atoms with Gasteiger partial charge in [0.1, 0.15) is 5.82 Å². The van der Waals surface area contributed by atoms with Crippen molar-refractivity contribution >= 4 is 16.5 Å². The minimum atomic E-state index is -0.178. The molecule has 13 heavy (non-hydrogen) atoms. The molecule has 0 aliphatic rings. The molecular formula is C9H9FN2S. The molecule has 0 spiro atoms. The van der Waals surface area contributed by atoms with Crippen molar-refractivity contribution in [1.82, 2.24) is 4.98 Å². The van der Waals surface area contributed by atoms with E-state index in [1.165, 1.54) is 23.5 Å². The van der Waals surface area contributed by atoms with Gasteiger partial charge in [-0.25, -0.2) is 9.37 Å². The average Bonchev–Trinajstić information content (AvgIpc) is 2.58. The van der Waals surface area contributed by atoms with E-state index in [4.69, 9.17) is 5.73 Å². The molecule has 1 aromatic carbocycles. The van der Waals surface area contributed by atoms with E-state index in [0.29, 0.717) is 5.13 Å². The van der Waals surface area contributed by atoms with E-state index in [1.807, 2.05) is 5.38 Å². The molecule has 0 amide bonds. The molecule has 2 rings (SSSR count). The Labute approximate surface area is 79.9 Å². The third kappa shape index (κ3) is 4.22. The molecule has 0 saturated carbocycles. The molecule has 0 aliphatic heterocycles. The fourth-order valence-electron chi connectivity index (χ4n) is 0.649. The van der Waals surface area contributed by atoms with Crippen molar-refractivity contribution in [3.63, 3.8) is 0 Å². The summed E-state index contributed by atoms with van der Waals surface area (Å²) in [5.41, 5.74) is 5.19. The fraction of sp³-hybridized carbons (Fsp3) is 0. The Morgan fingerprint density at radius 3 is 2.15 bits per heavy atom. The SMILES string of the molecule is Fc1ccccc1.Nc1nccs1. The van der Waals surface area contributed by atoms with Crippen LogP contribution in [-0.2, 0) is 0 Å². The van der Waals surface area contributed by atoms with Crippen LogP contribution < -0.4 is 5.73 Å². The Kier molecular flexibility index (Phi) is 3.92. The van der Waals surface area contributed by atoms with E-state index in [1.54, 1.807) is 24.4 Å². The normalized spacial score (nSPS) is 8.69. The van der Waals surface area contributed by atoms with Gasteiger partial charge in [-0.1, -0.05) is 18.2 Å². The van der Waals surface area contributed by atoms with Gasteiger partial charge in [-0.3, -0.25) is 0 Å². The molecule has 2 aromatic rings. The molecular weight excluding hydrogens is 187 g/mol. The number of anilines is 1. The number of nitrogens with zero attached hydrogens (tertiary/aromatic N) is 1. The molecule has 1 aromatic heterocycles. The van der Waals surface area contributed by atoms with Crippen LogP contribution in [0.25, 0.3) is 0 Å². The number of benzene rings is 1. The summed E-state index contributed by atoms with van der Waals surface area (Å²) in [6, 6.07) is 7.94. The standard InChI is InChI=1S/C6H5F.C3H4N2S/c7-6-4-2-1-3-5-6;4-3-5-1-2-6-3/h1-5H;1-2H,(H2,4,5). The number of aromatic nitrogens is 1.